The number of anilines is 1. The highest BCUT2D eigenvalue weighted by atomic mass is 32.2. The van der Waals surface area contributed by atoms with Gasteiger partial charge in [-0.25, -0.2) is 8.42 Å². The molecule has 1 aliphatic rings. The molecule has 0 aliphatic heterocycles. The highest BCUT2D eigenvalue weighted by molar-refractivity contribution is 7.92. The molecule has 1 aliphatic carbocycles. The number of benzene rings is 3. The van der Waals surface area contributed by atoms with Crippen LogP contribution in [0.3, 0.4) is 0 Å². The summed E-state index contributed by atoms with van der Waals surface area (Å²) in [7, 11) is -2.17. The van der Waals surface area contributed by atoms with Gasteiger partial charge in [0, 0.05) is 36.4 Å². The van der Waals surface area contributed by atoms with Crippen molar-refractivity contribution in [2.24, 2.45) is 0 Å². The van der Waals surface area contributed by atoms with Gasteiger partial charge in [-0.3, -0.25) is 14.3 Å². The van der Waals surface area contributed by atoms with Crippen molar-refractivity contribution in [3.8, 4) is 0 Å². The predicted octanol–water partition coefficient (Wildman–Crippen LogP) is 3.65. The number of hydrogen-bond acceptors (Lipinski definition) is 4. The van der Waals surface area contributed by atoms with Gasteiger partial charge in [-0.2, -0.15) is 0 Å². The molecule has 2 amide bonds. The Hall–Kier alpha value is -3.65. The van der Waals surface area contributed by atoms with Gasteiger partial charge in [0.05, 0.1) is 4.90 Å². The molecule has 0 saturated heterocycles. The average molecular weight is 464 g/mol. The highest BCUT2D eigenvalue weighted by Gasteiger charge is 2.33. The van der Waals surface area contributed by atoms with Crippen LogP contribution >= 0.6 is 0 Å². The molecule has 3 aromatic carbocycles. The molecular weight excluding hydrogens is 438 g/mol. The molecule has 2 N–H and O–H groups in total. The van der Waals surface area contributed by atoms with E-state index in [1.165, 1.54) is 12.1 Å². The van der Waals surface area contributed by atoms with Crippen LogP contribution in [0.15, 0.2) is 83.8 Å². The van der Waals surface area contributed by atoms with Gasteiger partial charge in [-0.15, -0.1) is 0 Å². The van der Waals surface area contributed by atoms with Crippen LogP contribution in [0.2, 0.25) is 0 Å². The molecule has 7 nitrogen and oxygen atoms in total. The van der Waals surface area contributed by atoms with Crippen LogP contribution in [0, 0.1) is 0 Å². The predicted molar refractivity (Wildman–Crippen MR) is 126 cm³/mol. The number of hydrogen-bond donors (Lipinski definition) is 2. The molecule has 1 fully saturated rings. The number of sulfonamides is 1. The first-order valence-corrected chi connectivity index (χ1v) is 12.2. The molecule has 0 aromatic heterocycles. The second-order valence-corrected chi connectivity index (χ2v) is 9.62. The number of nitrogens with one attached hydrogen (secondary N) is 2. The van der Waals surface area contributed by atoms with Crippen LogP contribution in [0.4, 0.5) is 5.69 Å². The molecule has 4 rings (SSSR count). The number of rotatable bonds is 8. The quantitative estimate of drug-likeness (QED) is 0.533. The van der Waals surface area contributed by atoms with Gasteiger partial charge in [-0.05, 0) is 60.9 Å². The largest absolute Gasteiger partial charge is 0.355 e. The summed E-state index contributed by atoms with van der Waals surface area (Å²) in [5.41, 5.74) is 2.22. The Labute approximate surface area is 193 Å². The third kappa shape index (κ3) is 5.40. The van der Waals surface area contributed by atoms with Gasteiger partial charge in [0.25, 0.3) is 21.8 Å². The van der Waals surface area contributed by atoms with E-state index in [0.717, 1.165) is 18.4 Å². The van der Waals surface area contributed by atoms with Gasteiger partial charge in [0.1, 0.15) is 0 Å². The Bertz CT molecular complexity index is 1250. The lowest BCUT2D eigenvalue weighted by atomic mass is 10.1. The van der Waals surface area contributed by atoms with E-state index in [2.05, 4.69) is 10.0 Å². The normalized spacial score (nSPS) is 13.2. The van der Waals surface area contributed by atoms with E-state index in [9.17, 15) is 18.0 Å². The molecule has 0 heterocycles. The maximum atomic E-state index is 13.3. The molecule has 1 saturated carbocycles. The number of amides is 2. The van der Waals surface area contributed by atoms with Gasteiger partial charge < -0.3 is 10.2 Å². The molecular formula is C25H25N3O4S. The Morgan fingerprint density at radius 3 is 2.24 bits per heavy atom. The van der Waals surface area contributed by atoms with Crippen LogP contribution in [-0.4, -0.2) is 38.2 Å². The molecule has 0 unspecified atom stereocenters. The maximum absolute atomic E-state index is 13.3. The van der Waals surface area contributed by atoms with E-state index in [-0.39, 0.29) is 22.8 Å². The summed E-state index contributed by atoms with van der Waals surface area (Å²) < 4.78 is 27.8. The molecule has 8 heteroatoms. The third-order valence-electron chi connectivity index (χ3n) is 5.46. The summed E-state index contributed by atoms with van der Waals surface area (Å²) in [4.78, 5) is 27.0. The van der Waals surface area contributed by atoms with Crippen molar-refractivity contribution < 1.29 is 18.0 Å². The van der Waals surface area contributed by atoms with E-state index < -0.39 is 10.0 Å². The Morgan fingerprint density at radius 2 is 1.61 bits per heavy atom. The van der Waals surface area contributed by atoms with E-state index in [1.54, 1.807) is 66.5 Å². The highest BCUT2D eigenvalue weighted by Crippen LogP contribution is 2.30. The van der Waals surface area contributed by atoms with Gasteiger partial charge in [-0.1, -0.05) is 36.4 Å². The minimum absolute atomic E-state index is 0.154. The van der Waals surface area contributed by atoms with Crippen molar-refractivity contribution in [1.29, 1.82) is 0 Å². The maximum Gasteiger partial charge on any atom is 0.261 e. The Kier molecular flexibility index (Phi) is 6.46. The lowest BCUT2D eigenvalue weighted by Gasteiger charge is -2.23. The van der Waals surface area contributed by atoms with E-state index in [4.69, 9.17) is 0 Å². The molecule has 0 atom stereocenters. The molecule has 0 bridgehead atoms. The summed E-state index contributed by atoms with van der Waals surface area (Å²) in [6.45, 7) is 0.414. The van der Waals surface area contributed by atoms with Crippen LogP contribution in [0.1, 0.15) is 39.1 Å². The number of carbonyl (C=O) groups excluding carboxylic acids is 2. The topological polar surface area (TPSA) is 95.6 Å². The summed E-state index contributed by atoms with van der Waals surface area (Å²) in [5, 5.41) is 2.59. The lowest BCUT2D eigenvalue weighted by molar-refractivity contribution is 0.0729. The van der Waals surface area contributed by atoms with Crippen LogP contribution in [0.5, 0.6) is 0 Å². The number of carbonyl (C=O) groups is 2. The van der Waals surface area contributed by atoms with Crippen LogP contribution < -0.4 is 10.0 Å². The first-order valence-electron chi connectivity index (χ1n) is 10.7. The summed E-state index contributed by atoms with van der Waals surface area (Å²) in [6.07, 6.45) is 1.87. The Morgan fingerprint density at radius 1 is 0.909 bits per heavy atom. The molecule has 170 valence electrons. The summed E-state index contributed by atoms with van der Waals surface area (Å²) in [6, 6.07) is 21.9. The average Bonchev–Trinajstić information content (AvgIpc) is 3.68. The second-order valence-electron chi connectivity index (χ2n) is 7.94. The van der Waals surface area contributed by atoms with E-state index in [0.29, 0.717) is 23.4 Å². The molecule has 0 spiro atoms. The molecule has 0 radical (unpaired) electrons. The van der Waals surface area contributed by atoms with Crippen molar-refractivity contribution in [3.63, 3.8) is 0 Å². The van der Waals surface area contributed by atoms with Crippen molar-refractivity contribution >= 4 is 27.5 Å². The fourth-order valence-electron chi connectivity index (χ4n) is 3.55. The SMILES string of the molecule is CNC(=O)c1ccc(CN(C(=O)c2cccc(NS(=O)(=O)c3ccccc3)c2)C2CC2)cc1. The van der Waals surface area contributed by atoms with Gasteiger partial charge in [0.2, 0.25) is 0 Å². The van der Waals surface area contributed by atoms with Crippen molar-refractivity contribution in [1.82, 2.24) is 10.2 Å². The van der Waals surface area contributed by atoms with Gasteiger partial charge in [0.15, 0.2) is 0 Å². The van der Waals surface area contributed by atoms with Crippen LogP contribution in [0.25, 0.3) is 0 Å². The first kappa shape index (κ1) is 22.5. The van der Waals surface area contributed by atoms with Gasteiger partial charge >= 0.3 is 0 Å². The fraction of sp³-hybridized carbons (Fsp3) is 0.200. The molecule has 3 aromatic rings. The first-order chi connectivity index (χ1) is 15.9. The lowest BCUT2D eigenvalue weighted by Crippen LogP contribution is -2.32. The Balaban J connectivity index is 1.52. The zero-order valence-electron chi connectivity index (χ0n) is 18.2. The van der Waals surface area contributed by atoms with E-state index >= 15 is 0 Å². The van der Waals surface area contributed by atoms with Crippen LogP contribution in [-0.2, 0) is 16.6 Å². The second kappa shape index (κ2) is 9.46. The summed E-state index contributed by atoms with van der Waals surface area (Å²) in [5.74, 6) is -0.319. The van der Waals surface area contributed by atoms with Crippen molar-refractivity contribution in [2.75, 3.05) is 11.8 Å². The zero-order chi connectivity index (χ0) is 23.4. The van der Waals surface area contributed by atoms with Crippen molar-refractivity contribution in [3.05, 3.63) is 95.6 Å². The molecule has 33 heavy (non-hydrogen) atoms. The summed E-state index contributed by atoms with van der Waals surface area (Å²) >= 11 is 0. The minimum Gasteiger partial charge on any atom is -0.355 e. The monoisotopic (exact) mass is 463 g/mol. The minimum atomic E-state index is -3.75. The zero-order valence-corrected chi connectivity index (χ0v) is 19.0. The van der Waals surface area contributed by atoms with Crippen molar-refractivity contribution in [2.45, 2.75) is 30.3 Å². The third-order valence-corrected chi connectivity index (χ3v) is 6.86. The van der Waals surface area contributed by atoms with E-state index in [1.807, 2.05) is 12.1 Å². The smallest absolute Gasteiger partial charge is 0.261 e. The fourth-order valence-corrected chi connectivity index (χ4v) is 4.62. The standard InChI is InChI=1S/C25H25N3O4S/c1-26-24(29)19-12-10-18(11-13-19)17-28(22-14-15-22)25(30)20-6-5-7-21(16-20)27-33(31,32)23-8-3-2-4-9-23/h2-13,16,22,27H,14-15,17H2,1H3,(H,26,29). The number of nitrogens with zero attached hydrogens (tertiary/aromatic N) is 1.